The third-order valence-electron chi connectivity index (χ3n) is 3.64. The zero-order valence-corrected chi connectivity index (χ0v) is 15.2. The van der Waals surface area contributed by atoms with E-state index in [2.05, 4.69) is 11.9 Å². The minimum atomic E-state index is -0.521. The predicted octanol–water partition coefficient (Wildman–Crippen LogP) is 2.08. The Morgan fingerprint density at radius 3 is 2.68 bits per heavy atom. The molecule has 0 atom stereocenters. The summed E-state index contributed by atoms with van der Waals surface area (Å²) in [7, 11) is 3.08. The van der Waals surface area contributed by atoms with E-state index in [9.17, 15) is 9.59 Å². The second-order valence-electron chi connectivity index (χ2n) is 5.32. The number of benzene rings is 1. The lowest BCUT2D eigenvalue weighted by Gasteiger charge is -2.25. The Bertz CT molecular complexity index is 771. The third kappa shape index (κ3) is 3.88. The number of carbonyl (C=O) groups excluding carboxylic acids is 2. The lowest BCUT2D eigenvalue weighted by Crippen LogP contribution is -2.52. The number of thiocarbonyl (C=S) groups is 1. The molecule has 132 valence electrons. The average Bonchev–Trinajstić information content (AvgIpc) is 2.57. The van der Waals surface area contributed by atoms with E-state index in [-0.39, 0.29) is 10.7 Å². The molecule has 1 aromatic rings. The van der Waals surface area contributed by atoms with Crippen LogP contribution in [0.15, 0.2) is 30.4 Å². The van der Waals surface area contributed by atoms with E-state index in [0.29, 0.717) is 30.1 Å². The van der Waals surface area contributed by atoms with Crippen molar-refractivity contribution in [3.8, 4) is 11.5 Å². The number of nitrogens with zero attached hydrogens (tertiary/aromatic N) is 1. The van der Waals surface area contributed by atoms with E-state index in [0.717, 1.165) is 5.56 Å². The van der Waals surface area contributed by atoms with Gasteiger partial charge in [0.05, 0.1) is 13.7 Å². The van der Waals surface area contributed by atoms with E-state index in [1.54, 1.807) is 19.3 Å². The lowest BCUT2D eigenvalue weighted by molar-refractivity contribution is -0.128. The first-order chi connectivity index (χ1) is 11.9. The van der Waals surface area contributed by atoms with Gasteiger partial charge in [-0.25, -0.2) is 0 Å². The number of nitrogens with one attached hydrogen (secondary N) is 1. The summed E-state index contributed by atoms with van der Waals surface area (Å²) in [6.45, 7) is 6.07. The highest BCUT2D eigenvalue weighted by atomic mass is 32.1. The van der Waals surface area contributed by atoms with Crippen LogP contribution < -0.4 is 14.8 Å². The summed E-state index contributed by atoms with van der Waals surface area (Å²) in [6, 6.07) is 3.57. The molecule has 6 nitrogen and oxygen atoms in total. The molecule has 1 aliphatic heterocycles. The quantitative estimate of drug-likeness (QED) is 0.364. The summed E-state index contributed by atoms with van der Waals surface area (Å²) >= 11 is 4.94. The molecule has 0 aliphatic carbocycles. The molecule has 1 aliphatic rings. The van der Waals surface area contributed by atoms with E-state index in [1.165, 1.54) is 18.0 Å². The highest BCUT2D eigenvalue weighted by Crippen LogP contribution is 2.34. The molecule has 2 amide bonds. The topological polar surface area (TPSA) is 67.9 Å². The maximum absolute atomic E-state index is 12.3. The van der Waals surface area contributed by atoms with Crippen molar-refractivity contribution in [2.75, 3.05) is 20.8 Å². The zero-order chi connectivity index (χ0) is 18.6. The summed E-state index contributed by atoms with van der Waals surface area (Å²) in [5.41, 5.74) is 1.51. The number of amides is 2. The molecular weight excluding hydrogens is 340 g/mol. The molecule has 7 heteroatoms. The summed E-state index contributed by atoms with van der Waals surface area (Å²) in [5, 5.41) is 2.58. The average molecular weight is 360 g/mol. The van der Waals surface area contributed by atoms with Crippen molar-refractivity contribution in [3.63, 3.8) is 0 Å². The maximum atomic E-state index is 12.3. The van der Waals surface area contributed by atoms with Gasteiger partial charge in [0.1, 0.15) is 5.57 Å². The fraction of sp³-hybridized carbons (Fsp3) is 0.278. The minimum absolute atomic E-state index is 0.00766. The largest absolute Gasteiger partial charge is 0.493 e. The van der Waals surface area contributed by atoms with E-state index >= 15 is 0 Å². The second-order valence-corrected chi connectivity index (χ2v) is 5.71. The highest BCUT2D eigenvalue weighted by Gasteiger charge is 2.30. The number of allylic oxidation sites excluding steroid dienone is 1. The Morgan fingerprint density at radius 1 is 1.36 bits per heavy atom. The van der Waals surface area contributed by atoms with Gasteiger partial charge in [-0.3, -0.25) is 19.8 Å². The van der Waals surface area contributed by atoms with Gasteiger partial charge >= 0.3 is 0 Å². The number of methoxy groups -OCH3 is 1. The Labute approximate surface area is 152 Å². The van der Waals surface area contributed by atoms with Crippen LogP contribution in [0.3, 0.4) is 0 Å². The van der Waals surface area contributed by atoms with Crippen LogP contribution >= 0.6 is 12.2 Å². The van der Waals surface area contributed by atoms with Gasteiger partial charge in [0.25, 0.3) is 11.8 Å². The molecule has 2 rings (SSSR count). The van der Waals surface area contributed by atoms with E-state index in [4.69, 9.17) is 21.7 Å². The van der Waals surface area contributed by atoms with Crippen molar-refractivity contribution in [1.82, 2.24) is 10.2 Å². The molecule has 25 heavy (non-hydrogen) atoms. The summed E-state index contributed by atoms with van der Waals surface area (Å²) < 4.78 is 11.1. The van der Waals surface area contributed by atoms with Gasteiger partial charge < -0.3 is 9.47 Å². The van der Waals surface area contributed by atoms with Crippen LogP contribution in [-0.2, 0) is 16.0 Å². The van der Waals surface area contributed by atoms with Gasteiger partial charge in [-0.1, -0.05) is 6.08 Å². The number of ether oxygens (including phenoxy) is 2. The molecule has 0 unspecified atom stereocenters. The van der Waals surface area contributed by atoms with Gasteiger partial charge in [-0.15, -0.1) is 6.58 Å². The molecule has 0 radical (unpaired) electrons. The first kappa shape index (κ1) is 18.7. The van der Waals surface area contributed by atoms with E-state index < -0.39 is 11.8 Å². The Kier molecular flexibility index (Phi) is 5.93. The first-order valence-corrected chi connectivity index (χ1v) is 8.13. The fourth-order valence-electron chi connectivity index (χ4n) is 2.48. The Balaban J connectivity index is 2.54. The molecule has 1 aromatic carbocycles. The van der Waals surface area contributed by atoms with Crippen molar-refractivity contribution in [2.45, 2.75) is 13.3 Å². The van der Waals surface area contributed by atoms with Crippen LogP contribution in [-0.4, -0.2) is 42.6 Å². The Morgan fingerprint density at radius 2 is 2.08 bits per heavy atom. The van der Waals surface area contributed by atoms with Crippen molar-refractivity contribution >= 4 is 35.2 Å². The normalized spacial score (nSPS) is 16.0. The lowest BCUT2D eigenvalue weighted by atomic mass is 10.0. The van der Waals surface area contributed by atoms with Crippen LogP contribution in [0.1, 0.15) is 18.1 Å². The number of likely N-dealkylation sites (N-methyl/N-ethyl adjacent to an activating group) is 1. The van der Waals surface area contributed by atoms with Gasteiger partial charge in [-0.05, 0) is 49.3 Å². The third-order valence-corrected chi connectivity index (χ3v) is 4.01. The summed E-state index contributed by atoms with van der Waals surface area (Å²) in [4.78, 5) is 25.7. The van der Waals surface area contributed by atoms with Crippen molar-refractivity contribution < 1.29 is 19.1 Å². The number of carbonyl (C=O) groups is 2. The zero-order valence-electron chi connectivity index (χ0n) is 14.4. The van der Waals surface area contributed by atoms with Crippen molar-refractivity contribution in [2.24, 2.45) is 0 Å². The smallest absolute Gasteiger partial charge is 0.265 e. The fourth-order valence-corrected chi connectivity index (χ4v) is 2.66. The summed E-state index contributed by atoms with van der Waals surface area (Å²) in [5.74, 6) is 0.185. The van der Waals surface area contributed by atoms with Crippen LogP contribution in [0, 0.1) is 0 Å². The highest BCUT2D eigenvalue weighted by molar-refractivity contribution is 7.80. The molecule has 0 saturated carbocycles. The Hall–Kier alpha value is -2.67. The summed E-state index contributed by atoms with van der Waals surface area (Å²) in [6.07, 6.45) is 3.82. The van der Waals surface area contributed by atoms with Crippen LogP contribution in [0.4, 0.5) is 0 Å². The molecule has 0 spiro atoms. The van der Waals surface area contributed by atoms with Gasteiger partial charge in [0.15, 0.2) is 16.6 Å². The monoisotopic (exact) mass is 360 g/mol. The first-order valence-electron chi connectivity index (χ1n) is 7.72. The number of rotatable bonds is 6. The van der Waals surface area contributed by atoms with Gasteiger partial charge in [-0.2, -0.15) is 0 Å². The molecule has 1 N–H and O–H groups in total. The van der Waals surface area contributed by atoms with Gasteiger partial charge in [0, 0.05) is 12.6 Å². The van der Waals surface area contributed by atoms with Gasteiger partial charge in [0.2, 0.25) is 0 Å². The number of hydrogen-bond acceptors (Lipinski definition) is 5. The predicted molar refractivity (Wildman–Crippen MR) is 99.6 cm³/mol. The maximum Gasteiger partial charge on any atom is 0.265 e. The van der Waals surface area contributed by atoms with Crippen LogP contribution in [0.5, 0.6) is 11.5 Å². The molecule has 1 heterocycles. The molecule has 0 bridgehead atoms. The van der Waals surface area contributed by atoms with Crippen LogP contribution in [0.25, 0.3) is 6.08 Å². The SMILES string of the molecule is C=CCc1cc(/C=C2\C(=O)NC(=S)N(C)C2=O)cc(OCC)c1OC. The minimum Gasteiger partial charge on any atom is -0.493 e. The molecule has 1 fully saturated rings. The molecule has 0 aromatic heterocycles. The van der Waals surface area contributed by atoms with Crippen molar-refractivity contribution in [1.29, 1.82) is 0 Å². The standard InChI is InChI=1S/C18H20N2O4S/c1-5-7-12-8-11(10-14(24-6-2)15(12)23-4)9-13-16(21)19-18(25)20(3)17(13)22/h5,8-10H,1,6-7H2,2-4H3,(H,19,21,25)/b13-9+. The van der Waals surface area contributed by atoms with Crippen LogP contribution in [0.2, 0.25) is 0 Å². The molecular formula is C18H20N2O4S. The van der Waals surface area contributed by atoms with E-state index in [1.807, 2.05) is 13.0 Å². The molecule has 1 saturated heterocycles. The second kappa shape index (κ2) is 7.94. The number of hydrogen-bond donors (Lipinski definition) is 1. The van der Waals surface area contributed by atoms with Crippen molar-refractivity contribution in [3.05, 3.63) is 41.5 Å².